The lowest BCUT2D eigenvalue weighted by molar-refractivity contribution is -0.126. The average Bonchev–Trinajstić information content (AvgIpc) is 3.08. The first-order chi connectivity index (χ1) is 13.5. The quantitative estimate of drug-likeness (QED) is 0.718. The van der Waals surface area contributed by atoms with E-state index in [0.717, 1.165) is 0 Å². The van der Waals surface area contributed by atoms with E-state index < -0.39 is 5.82 Å². The van der Waals surface area contributed by atoms with Gasteiger partial charge in [0.2, 0.25) is 11.8 Å². The summed E-state index contributed by atoms with van der Waals surface area (Å²) in [7, 11) is 0. The summed E-state index contributed by atoms with van der Waals surface area (Å²) < 4.78 is 19.4. The summed E-state index contributed by atoms with van der Waals surface area (Å²) in [6, 6.07) is 11.3. The molecule has 1 fully saturated rings. The SMILES string of the molecule is C=CCNC(=O)[C@H]1CC(=O)N(c2ccc(OCc3c(F)cccc3Cl)cc2)C1. The number of amides is 2. The first kappa shape index (κ1) is 19.9. The van der Waals surface area contributed by atoms with E-state index in [2.05, 4.69) is 11.9 Å². The predicted octanol–water partition coefficient (Wildman–Crippen LogP) is 3.71. The largest absolute Gasteiger partial charge is 0.489 e. The third kappa shape index (κ3) is 4.51. The van der Waals surface area contributed by atoms with E-state index in [1.54, 1.807) is 41.3 Å². The molecule has 1 saturated heterocycles. The van der Waals surface area contributed by atoms with Crippen molar-refractivity contribution in [2.75, 3.05) is 18.0 Å². The van der Waals surface area contributed by atoms with Crippen molar-refractivity contribution in [2.24, 2.45) is 5.92 Å². The van der Waals surface area contributed by atoms with Crippen LogP contribution in [0.4, 0.5) is 10.1 Å². The molecule has 0 aromatic heterocycles. The van der Waals surface area contributed by atoms with Crippen LogP contribution in [0.3, 0.4) is 0 Å². The molecule has 3 rings (SSSR count). The van der Waals surface area contributed by atoms with E-state index in [9.17, 15) is 14.0 Å². The molecule has 1 N–H and O–H groups in total. The van der Waals surface area contributed by atoms with Gasteiger partial charge in [-0.25, -0.2) is 4.39 Å². The predicted molar refractivity (Wildman–Crippen MR) is 106 cm³/mol. The fraction of sp³-hybridized carbons (Fsp3) is 0.238. The average molecular weight is 403 g/mol. The van der Waals surface area contributed by atoms with Crippen LogP contribution in [0.1, 0.15) is 12.0 Å². The number of hydrogen-bond donors (Lipinski definition) is 1. The number of carbonyl (C=O) groups is 2. The highest BCUT2D eigenvalue weighted by Crippen LogP contribution is 2.28. The van der Waals surface area contributed by atoms with Crippen molar-refractivity contribution in [1.29, 1.82) is 0 Å². The maximum absolute atomic E-state index is 13.8. The molecule has 7 heteroatoms. The zero-order valence-corrected chi connectivity index (χ0v) is 15.9. The molecule has 1 aliphatic heterocycles. The molecule has 0 bridgehead atoms. The number of benzene rings is 2. The van der Waals surface area contributed by atoms with E-state index in [1.807, 2.05) is 0 Å². The maximum Gasteiger partial charge on any atom is 0.227 e. The first-order valence-corrected chi connectivity index (χ1v) is 9.22. The molecule has 1 heterocycles. The fourth-order valence-corrected chi connectivity index (χ4v) is 3.22. The Labute approximate surface area is 167 Å². The third-order valence-electron chi connectivity index (χ3n) is 4.51. The van der Waals surface area contributed by atoms with Gasteiger partial charge in [-0.05, 0) is 36.4 Å². The summed E-state index contributed by atoms with van der Waals surface area (Å²) in [5.41, 5.74) is 0.969. The van der Waals surface area contributed by atoms with Crippen molar-refractivity contribution < 1.29 is 18.7 Å². The number of carbonyl (C=O) groups excluding carboxylic acids is 2. The number of ether oxygens (including phenoxy) is 1. The topological polar surface area (TPSA) is 58.6 Å². The van der Waals surface area contributed by atoms with Gasteiger partial charge in [0.1, 0.15) is 18.2 Å². The van der Waals surface area contributed by atoms with Gasteiger partial charge in [-0.2, -0.15) is 0 Å². The Morgan fingerprint density at radius 2 is 2.07 bits per heavy atom. The van der Waals surface area contributed by atoms with Crippen molar-refractivity contribution >= 4 is 29.1 Å². The zero-order valence-electron chi connectivity index (χ0n) is 15.2. The summed E-state index contributed by atoms with van der Waals surface area (Å²) in [5, 5.41) is 3.03. The van der Waals surface area contributed by atoms with Crippen LogP contribution in [0.5, 0.6) is 5.75 Å². The number of anilines is 1. The molecule has 146 valence electrons. The summed E-state index contributed by atoms with van der Waals surface area (Å²) in [6.07, 6.45) is 1.77. The van der Waals surface area contributed by atoms with E-state index in [0.29, 0.717) is 29.5 Å². The smallest absolute Gasteiger partial charge is 0.227 e. The highest BCUT2D eigenvalue weighted by molar-refractivity contribution is 6.31. The third-order valence-corrected chi connectivity index (χ3v) is 4.86. The molecule has 0 radical (unpaired) electrons. The van der Waals surface area contributed by atoms with Gasteiger partial charge in [0.05, 0.1) is 10.9 Å². The number of nitrogens with one attached hydrogen (secondary N) is 1. The standard InChI is InChI=1S/C21H20ClFN2O3/c1-2-10-24-21(27)14-11-20(26)25(12-14)15-6-8-16(9-7-15)28-13-17-18(22)4-3-5-19(17)23/h2-9,14H,1,10-13H2,(H,24,27)/t14-/m0/s1. The van der Waals surface area contributed by atoms with Gasteiger partial charge in [-0.3, -0.25) is 9.59 Å². The van der Waals surface area contributed by atoms with Crippen LogP contribution in [0.15, 0.2) is 55.1 Å². The Kier molecular flexibility index (Phi) is 6.31. The number of rotatable bonds is 7. The van der Waals surface area contributed by atoms with Crippen LogP contribution in [-0.2, 0) is 16.2 Å². The molecule has 0 saturated carbocycles. The van der Waals surface area contributed by atoms with Crippen molar-refractivity contribution in [1.82, 2.24) is 5.32 Å². The second-order valence-electron chi connectivity index (χ2n) is 6.42. The monoisotopic (exact) mass is 402 g/mol. The summed E-state index contributed by atoms with van der Waals surface area (Å²) in [4.78, 5) is 25.9. The molecule has 1 aliphatic rings. The van der Waals surface area contributed by atoms with Gasteiger partial charge < -0.3 is 15.0 Å². The minimum Gasteiger partial charge on any atom is -0.489 e. The molecule has 1 atom stereocenters. The summed E-state index contributed by atoms with van der Waals surface area (Å²) in [6.45, 7) is 4.26. The molecule has 0 spiro atoms. The Hall–Kier alpha value is -2.86. The maximum atomic E-state index is 13.8. The van der Waals surface area contributed by atoms with Crippen molar-refractivity contribution in [3.05, 3.63) is 71.5 Å². The highest BCUT2D eigenvalue weighted by atomic mass is 35.5. The van der Waals surface area contributed by atoms with E-state index in [4.69, 9.17) is 16.3 Å². The van der Waals surface area contributed by atoms with Crippen LogP contribution >= 0.6 is 11.6 Å². The lowest BCUT2D eigenvalue weighted by Gasteiger charge is -2.17. The van der Waals surface area contributed by atoms with Gasteiger partial charge in [-0.15, -0.1) is 6.58 Å². The second kappa shape index (κ2) is 8.89. The van der Waals surface area contributed by atoms with E-state index >= 15 is 0 Å². The van der Waals surface area contributed by atoms with Crippen LogP contribution in [-0.4, -0.2) is 24.9 Å². The van der Waals surface area contributed by atoms with Gasteiger partial charge in [0, 0.05) is 30.8 Å². The van der Waals surface area contributed by atoms with Crippen LogP contribution in [0, 0.1) is 11.7 Å². The van der Waals surface area contributed by atoms with Gasteiger partial charge in [0.25, 0.3) is 0 Å². The number of hydrogen-bond acceptors (Lipinski definition) is 3. The molecule has 0 unspecified atom stereocenters. The van der Waals surface area contributed by atoms with Crippen molar-refractivity contribution in [3.63, 3.8) is 0 Å². The lowest BCUT2D eigenvalue weighted by Crippen LogP contribution is -2.32. The minimum absolute atomic E-state index is 0.000945. The van der Waals surface area contributed by atoms with Gasteiger partial charge in [0.15, 0.2) is 0 Å². The van der Waals surface area contributed by atoms with Gasteiger partial charge >= 0.3 is 0 Å². The molecule has 28 heavy (non-hydrogen) atoms. The number of halogens is 2. The molecule has 2 amide bonds. The molecular weight excluding hydrogens is 383 g/mol. The Morgan fingerprint density at radius 1 is 1.32 bits per heavy atom. The second-order valence-corrected chi connectivity index (χ2v) is 6.83. The fourth-order valence-electron chi connectivity index (χ4n) is 3.00. The van der Waals surface area contributed by atoms with Crippen LogP contribution in [0.25, 0.3) is 0 Å². The molecule has 2 aromatic carbocycles. The highest BCUT2D eigenvalue weighted by Gasteiger charge is 2.34. The Bertz CT molecular complexity index is 865. The zero-order chi connectivity index (χ0) is 20.1. The number of nitrogens with zero attached hydrogens (tertiary/aromatic N) is 1. The normalized spacial score (nSPS) is 16.1. The summed E-state index contributed by atoms with van der Waals surface area (Å²) >= 11 is 5.99. The molecule has 5 nitrogen and oxygen atoms in total. The van der Waals surface area contributed by atoms with E-state index in [-0.39, 0.29) is 36.3 Å². The molecule has 0 aliphatic carbocycles. The molecular formula is C21H20ClFN2O3. The van der Waals surface area contributed by atoms with Crippen LogP contribution in [0.2, 0.25) is 5.02 Å². The van der Waals surface area contributed by atoms with Crippen molar-refractivity contribution in [2.45, 2.75) is 13.0 Å². The first-order valence-electron chi connectivity index (χ1n) is 8.84. The lowest BCUT2D eigenvalue weighted by atomic mass is 10.1. The van der Waals surface area contributed by atoms with Crippen LogP contribution < -0.4 is 15.0 Å². The van der Waals surface area contributed by atoms with Gasteiger partial charge in [-0.1, -0.05) is 23.7 Å². The van der Waals surface area contributed by atoms with Crippen molar-refractivity contribution in [3.8, 4) is 5.75 Å². The minimum atomic E-state index is -0.424. The summed E-state index contributed by atoms with van der Waals surface area (Å²) in [5.74, 6) is -0.544. The Morgan fingerprint density at radius 3 is 2.75 bits per heavy atom. The molecule has 2 aromatic rings. The van der Waals surface area contributed by atoms with E-state index in [1.165, 1.54) is 12.1 Å². The Balaban J connectivity index is 1.62.